The zero-order chi connectivity index (χ0) is 26.1. The van der Waals surface area contributed by atoms with Gasteiger partial charge in [0.15, 0.2) is 11.5 Å². The minimum absolute atomic E-state index is 0.0731. The average molecular weight is 512 g/mol. The van der Waals surface area contributed by atoms with E-state index in [4.69, 9.17) is 0 Å². The maximum Gasteiger partial charge on any atom is 0.534 e. The van der Waals surface area contributed by atoms with E-state index in [1.165, 1.54) is 32.0 Å². The second-order valence-electron chi connectivity index (χ2n) is 7.44. The lowest BCUT2D eigenvalue weighted by atomic mass is 10.0. The van der Waals surface area contributed by atoms with Gasteiger partial charge >= 0.3 is 15.6 Å². The molecule has 12 heteroatoms. The summed E-state index contributed by atoms with van der Waals surface area (Å²) in [5.74, 6) is -1.80. The molecule has 0 amide bonds. The first-order valence-electron chi connectivity index (χ1n) is 9.83. The molecule has 2 heterocycles. The Hall–Kier alpha value is -3.67. The third-order valence-electron chi connectivity index (χ3n) is 4.62. The molecule has 0 fully saturated rings. The van der Waals surface area contributed by atoms with Crippen LogP contribution < -0.4 is 4.18 Å². The van der Waals surface area contributed by atoms with Crippen molar-refractivity contribution in [2.75, 3.05) is 0 Å². The molecule has 35 heavy (non-hydrogen) atoms. The second kappa shape index (κ2) is 9.53. The highest BCUT2D eigenvalue weighted by Gasteiger charge is 2.48. The fraction of sp³-hybridized carbons (Fsp3) is 0.174. The third-order valence-corrected chi connectivity index (χ3v) is 5.59. The van der Waals surface area contributed by atoms with Gasteiger partial charge in [0, 0.05) is 33.8 Å². The second-order valence-corrected chi connectivity index (χ2v) is 8.97. The first-order chi connectivity index (χ1) is 16.2. The number of Topliss-reactive ketones (excluding diaryl/α,β-unsaturated/α-hetero) is 1. The molecule has 0 spiro atoms. The molecule has 0 unspecified atom stereocenters. The van der Waals surface area contributed by atoms with Crippen LogP contribution in [0.25, 0.3) is 21.8 Å². The Morgan fingerprint density at radius 1 is 0.829 bits per heavy atom. The van der Waals surface area contributed by atoms with Crippen LogP contribution in [0.5, 0.6) is 5.75 Å². The van der Waals surface area contributed by atoms with Crippen molar-refractivity contribution in [3.8, 4) is 5.75 Å². The van der Waals surface area contributed by atoms with Crippen LogP contribution in [0.15, 0.2) is 48.5 Å². The van der Waals surface area contributed by atoms with E-state index in [9.17, 15) is 35.2 Å². The fourth-order valence-electron chi connectivity index (χ4n) is 3.15. The highest BCUT2D eigenvalue weighted by atomic mass is 32.2. The highest BCUT2D eigenvalue weighted by molar-refractivity contribution is 7.88. The number of carbonyl (C=O) groups excluding carboxylic acids is 1. The van der Waals surface area contributed by atoms with Crippen molar-refractivity contribution in [3.63, 3.8) is 0 Å². The van der Waals surface area contributed by atoms with E-state index in [0.717, 1.165) is 23.9 Å². The third kappa shape index (κ3) is 5.88. The molecular formula is C23H17F5N2O4S. The number of alkyl halides is 3. The molecule has 6 nitrogen and oxygen atoms in total. The Labute approximate surface area is 196 Å². The number of benzene rings is 2. The molecule has 4 aromatic rings. The number of rotatable bonds is 3. The quantitative estimate of drug-likeness (QED) is 0.149. The Balaban J connectivity index is 0.000000203. The first-order valence-corrected chi connectivity index (χ1v) is 11.2. The standard InChI is InChI=1S/C12H10FNO.C11H7F4NO3S/c1-7-5-10(8(2)15)11-6-9(13)3-4-12(11)14-7;1-6-4-10(19-20(17,18)11(13,14)15)8-5-7(12)2-3-9(8)16-6/h3-6H,1-2H3;2-5H,1H3. The number of aryl methyl sites for hydroxylation is 2. The predicted molar refractivity (Wildman–Crippen MR) is 118 cm³/mol. The molecular weight excluding hydrogens is 495 g/mol. The van der Waals surface area contributed by atoms with E-state index in [1.807, 2.05) is 6.92 Å². The number of carbonyl (C=O) groups is 1. The van der Waals surface area contributed by atoms with E-state index in [1.54, 1.807) is 12.1 Å². The molecule has 184 valence electrons. The van der Waals surface area contributed by atoms with Crippen LogP contribution in [-0.2, 0) is 10.1 Å². The van der Waals surface area contributed by atoms with E-state index in [2.05, 4.69) is 14.2 Å². The van der Waals surface area contributed by atoms with Crippen LogP contribution >= 0.6 is 0 Å². The maximum absolute atomic E-state index is 13.1. The summed E-state index contributed by atoms with van der Waals surface area (Å²) in [7, 11) is -5.82. The fourth-order valence-corrected chi connectivity index (χ4v) is 3.62. The summed E-state index contributed by atoms with van der Waals surface area (Å²) in [6.07, 6.45) is 0. The summed E-state index contributed by atoms with van der Waals surface area (Å²) in [5.41, 5.74) is -3.27. The van der Waals surface area contributed by atoms with Crippen molar-refractivity contribution < 1.29 is 39.3 Å². The van der Waals surface area contributed by atoms with Crippen molar-refractivity contribution >= 4 is 37.7 Å². The van der Waals surface area contributed by atoms with Gasteiger partial charge in [-0.2, -0.15) is 21.6 Å². The summed E-state index contributed by atoms with van der Waals surface area (Å²) >= 11 is 0. The topological polar surface area (TPSA) is 86.2 Å². The maximum atomic E-state index is 13.1. The van der Waals surface area contributed by atoms with Crippen molar-refractivity contribution in [2.45, 2.75) is 26.3 Å². The molecule has 0 aliphatic carbocycles. The predicted octanol–water partition coefficient (Wildman–Crippen LogP) is 5.80. The molecule has 0 atom stereocenters. The minimum atomic E-state index is -5.82. The van der Waals surface area contributed by atoms with Crippen LogP contribution in [0.1, 0.15) is 28.7 Å². The molecule has 4 rings (SSSR count). The van der Waals surface area contributed by atoms with Gasteiger partial charge in [0.05, 0.1) is 11.0 Å². The van der Waals surface area contributed by atoms with E-state index < -0.39 is 27.2 Å². The number of ketones is 1. The van der Waals surface area contributed by atoms with Gasteiger partial charge in [-0.05, 0) is 63.2 Å². The van der Waals surface area contributed by atoms with E-state index in [-0.39, 0.29) is 28.2 Å². The van der Waals surface area contributed by atoms with Crippen LogP contribution in [0.2, 0.25) is 0 Å². The summed E-state index contributed by atoms with van der Waals surface area (Å²) in [5, 5.41) is 0.413. The normalized spacial score (nSPS) is 11.8. The Morgan fingerprint density at radius 3 is 1.83 bits per heavy atom. The first kappa shape index (κ1) is 25.9. The van der Waals surface area contributed by atoms with Crippen LogP contribution in [0.4, 0.5) is 22.0 Å². The smallest absolute Gasteiger partial charge is 0.375 e. The molecule has 0 saturated carbocycles. The lowest BCUT2D eigenvalue weighted by Gasteiger charge is -2.12. The van der Waals surface area contributed by atoms with Crippen molar-refractivity contribution in [1.82, 2.24) is 9.97 Å². The van der Waals surface area contributed by atoms with Gasteiger partial charge in [0.25, 0.3) is 0 Å². The molecule has 0 saturated heterocycles. The molecule has 0 aliphatic rings. The van der Waals surface area contributed by atoms with E-state index in [0.29, 0.717) is 16.5 Å². The van der Waals surface area contributed by atoms with E-state index >= 15 is 0 Å². The lowest BCUT2D eigenvalue weighted by Crippen LogP contribution is -2.28. The number of halogens is 5. The van der Waals surface area contributed by atoms with Crippen molar-refractivity contribution in [3.05, 3.63) is 77.1 Å². The van der Waals surface area contributed by atoms with Gasteiger partial charge in [-0.1, -0.05) is 0 Å². The van der Waals surface area contributed by atoms with Gasteiger partial charge in [0.1, 0.15) is 11.6 Å². The molecule has 2 aromatic heterocycles. The monoisotopic (exact) mass is 512 g/mol. The van der Waals surface area contributed by atoms with Gasteiger partial charge in [-0.3, -0.25) is 14.8 Å². The number of hydrogen-bond acceptors (Lipinski definition) is 6. The lowest BCUT2D eigenvalue weighted by molar-refractivity contribution is -0.0499. The molecule has 0 aliphatic heterocycles. The van der Waals surface area contributed by atoms with Gasteiger partial charge in [-0.15, -0.1) is 0 Å². The van der Waals surface area contributed by atoms with Crippen LogP contribution in [0.3, 0.4) is 0 Å². The SMILES string of the molecule is CC(=O)c1cc(C)nc2ccc(F)cc12.Cc1cc(OS(=O)(=O)C(F)(F)F)c2cc(F)ccc2n1. The van der Waals surface area contributed by atoms with Gasteiger partial charge in [-0.25, -0.2) is 8.78 Å². The highest BCUT2D eigenvalue weighted by Crippen LogP contribution is 2.32. The molecule has 2 aromatic carbocycles. The minimum Gasteiger partial charge on any atom is -0.375 e. The summed E-state index contributed by atoms with van der Waals surface area (Å²) in [6.45, 7) is 4.73. The Bertz CT molecular complexity index is 1550. The zero-order valence-electron chi connectivity index (χ0n) is 18.4. The zero-order valence-corrected chi connectivity index (χ0v) is 19.3. The average Bonchev–Trinajstić information content (AvgIpc) is 2.73. The summed E-state index contributed by atoms with van der Waals surface area (Å²) < 4.78 is 89.1. The Morgan fingerprint density at radius 2 is 1.31 bits per heavy atom. The number of aromatic nitrogens is 2. The van der Waals surface area contributed by atoms with Crippen LogP contribution in [-0.4, -0.2) is 29.7 Å². The molecule has 0 N–H and O–H groups in total. The molecule has 0 bridgehead atoms. The van der Waals surface area contributed by atoms with Crippen molar-refractivity contribution in [1.29, 1.82) is 0 Å². The van der Waals surface area contributed by atoms with Crippen molar-refractivity contribution in [2.24, 2.45) is 0 Å². The summed E-state index contributed by atoms with van der Waals surface area (Å²) in [4.78, 5) is 19.6. The number of nitrogens with zero attached hydrogens (tertiary/aromatic N) is 2. The number of fused-ring (bicyclic) bond motifs is 2. The van der Waals surface area contributed by atoms with Gasteiger partial charge < -0.3 is 4.18 Å². The molecule has 0 radical (unpaired) electrons. The van der Waals surface area contributed by atoms with Gasteiger partial charge in [0.2, 0.25) is 0 Å². The summed E-state index contributed by atoms with van der Waals surface area (Å²) in [6, 6.07) is 10.1. The number of hydrogen-bond donors (Lipinski definition) is 0. The van der Waals surface area contributed by atoms with Crippen LogP contribution in [0, 0.1) is 25.5 Å². The largest absolute Gasteiger partial charge is 0.534 e. The Kier molecular flexibility index (Phi) is 7.06. The number of pyridine rings is 2.